The Kier molecular flexibility index (Phi) is 26.2. The zero-order valence-electron chi connectivity index (χ0n) is 61.8. The monoisotopic (exact) mass is 1450 g/mol. The van der Waals surface area contributed by atoms with Crippen LogP contribution >= 0.6 is 15.9 Å². The Bertz CT molecular complexity index is 4210. The van der Waals surface area contributed by atoms with E-state index in [-0.39, 0.29) is 59.9 Å². The van der Waals surface area contributed by atoms with E-state index in [1.807, 2.05) is 157 Å². The summed E-state index contributed by atoms with van der Waals surface area (Å²) in [5.74, 6) is -0.284. The van der Waals surface area contributed by atoms with E-state index in [2.05, 4.69) is 41.2 Å². The molecule has 0 bridgehead atoms. The van der Waals surface area contributed by atoms with Gasteiger partial charge in [0.05, 0.1) is 11.2 Å². The number of carbonyl (C=O) groups is 3. The lowest BCUT2D eigenvalue weighted by Gasteiger charge is -2.34. The number of amides is 3. The number of hydrogen-bond acceptors (Lipinski definition) is 13. The molecule has 16 nitrogen and oxygen atoms in total. The van der Waals surface area contributed by atoms with Crippen LogP contribution in [-0.2, 0) is 23.5 Å². The van der Waals surface area contributed by atoms with E-state index in [1.54, 1.807) is 70.7 Å². The summed E-state index contributed by atoms with van der Waals surface area (Å²) < 4.78 is 90.0. The first-order valence-electron chi connectivity index (χ1n) is 35.3. The van der Waals surface area contributed by atoms with Gasteiger partial charge in [0, 0.05) is 91.4 Å². The number of piperidine rings is 2. The van der Waals surface area contributed by atoms with Crippen molar-refractivity contribution in [2.45, 2.75) is 182 Å². The van der Waals surface area contributed by atoms with Crippen LogP contribution in [0.4, 0.5) is 31.9 Å². The molecule has 5 aliphatic rings. The van der Waals surface area contributed by atoms with Gasteiger partial charge in [0.1, 0.15) is 62.1 Å². The summed E-state index contributed by atoms with van der Waals surface area (Å²) in [4.78, 5) is 57.9. The van der Waals surface area contributed by atoms with Crippen molar-refractivity contribution in [1.82, 2.24) is 40.0 Å². The minimum absolute atomic E-state index is 0.224. The molecule has 0 spiro atoms. The first-order chi connectivity index (χ1) is 48.2. The lowest BCUT2D eigenvalue weighted by atomic mass is 9.75. The maximum atomic E-state index is 13.9. The Hall–Kier alpha value is -8.05. The second kappa shape index (κ2) is 34.3. The van der Waals surface area contributed by atoms with Crippen molar-refractivity contribution >= 4 is 90.5 Å². The first kappa shape index (κ1) is 77.1. The Morgan fingerprint density at radius 2 is 0.901 bits per heavy atom. The number of pyridine rings is 4. The standard InChI is InChI=1S/C19H23FN2O2.C19H21FN2O2.C16H28BNO4.C14H15FN2.C9H5BrFN.C2H6/c2*1-19(2,3)24-18(23)22-11-8-13(9-12-22)14-6-7-16(20)17-15(14)5-4-10-21-17;1-14(2,3)20-13(19)18-10-8-12(9-11-18)17-21-15(4,5)16(6,7)22-17;15-13-4-3-11(10-5-8-16-9-6-10)12-2-1-7-17-14(12)13;10-7-3-4-8(11)9-6(7)2-1-5-12-9;1-2/h4-7,10,13H,8-9,11-12H2,1-3H3;4-8,10H,9,11-12H2,1-3H3;8H,9-11H2,1-7H3;1-4,7,10,16H,5-6,8-9H2;1-5H;1-2H3/i;;;;;1D. The molecule has 0 aliphatic carbocycles. The van der Waals surface area contributed by atoms with Crippen molar-refractivity contribution < 1.29 is 56.8 Å². The van der Waals surface area contributed by atoms with Crippen LogP contribution in [0.15, 0.2) is 144 Å². The number of nitrogens with zero attached hydrogens (tertiary/aromatic N) is 7. The van der Waals surface area contributed by atoms with E-state index >= 15 is 0 Å². The van der Waals surface area contributed by atoms with Gasteiger partial charge >= 0.3 is 25.4 Å². The molecule has 540 valence electrons. The molecule has 22 heteroatoms. The second-order valence-corrected chi connectivity index (χ2v) is 30.1. The van der Waals surface area contributed by atoms with Crippen LogP contribution in [0.3, 0.4) is 0 Å². The van der Waals surface area contributed by atoms with Crippen LogP contribution in [0.25, 0.3) is 49.2 Å². The maximum Gasteiger partial charge on any atom is 0.490 e. The number of carbonyl (C=O) groups excluding carboxylic acids is 3. The van der Waals surface area contributed by atoms with Crippen molar-refractivity contribution in [2.75, 3.05) is 52.4 Å². The molecule has 3 amide bonds. The third kappa shape index (κ3) is 21.1. The second-order valence-electron chi connectivity index (χ2n) is 29.2. The predicted molar refractivity (Wildman–Crippen MR) is 397 cm³/mol. The van der Waals surface area contributed by atoms with E-state index in [1.165, 1.54) is 23.8 Å². The Balaban J connectivity index is 0.000000163. The summed E-state index contributed by atoms with van der Waals surface area (Å²) in [7, 11) is -0.314. The third-order valence-corrected chi connectivity index (χ3v) is 18.6. The quantitative estimate of drug-likeness (QED) is 0.100. The molecule has 3 fully saturated rings. The van der Waals surface area contributed by atoms with Crippen LogP contribution in [0.1, 0.15) is 172 Å². The first-order valence-corrected chi connectivity index (χ1v) is 35.4. The summed E-state index contributed by atoms with van der Waals surface area (Å²) in [5.41, 5.74) is 5.15. The fourth-order valence-corrected chi connectivity index (χ4v) is 12.6. The number of fused-ring (bicyclic) bond motifs is 4. The molecule has 1 N–H and O–H groups in total. The number of benzene rings is 4. The van der Waals surface area contributed by atoms with Crippen LogP contribution < -0.4 is 5.32 Å². The van der Waals surface area contributed by atoms with Gasteiger partial charge in [0.2, 0.25) is 0 Å². The topological polar surface area (TPSA) is 171 Å². The van der Waals surface area contributed by atoms with Crippen LogP contribution in [-0.4, -0.2) is 140 Å². The maximum absolute atomic E-state index is 13.9. The van der Waals surface area contributed by atoms with E-state index in [9.17, 15) is 31.9 Å². The van der Waals surface area contributed by atoms with Gasteiger partial charge < -0.3 is 43.5 Å². The minimum atomic E-state index is -0.500. The lowest BCUT2D eigenvalue weighted by Crippen LogP contribution is -2.41. The number of ether oxygens (including phenoxy) is 3. The number of rotatable bonds is 4. The molecule has 13 rings (SSSR count). The van der Waals surface area contributed by atoms with Gasteiger partial charge in [-0.15, -0.1) is 0 Å². The minimum Gasteiger partial charge on any atom is -0.444 e. The molecule has 3 saturated heterocycles. The summed E-state index contributed by atoms with van der Waals surface area (Å²) in [6.45, 7) is 32.9. The summed E-state index contributed by atoms with van der Waals surface area (Å²) >= 11 is 3.32. The highest BCUT2D eigenvalue weighted by atomic mass is 79.9. The molecule has 5 aliphatic heterocycles. The average molecular weight is 1460 g/mol. The number of halogens is 5. The average Bonchev–Trinajstić information content (AvgIpc) is 1.48. The molecular weight excluding hydrogens is 1360 g/mol. The SMILES string of the molecule is CC(C)(C)OC(=O)N1CC=C(B2OC(C)(C)C(C)(C)O2)CC1.CC(C)(C)OC(=O)N1CC=C(c2ccc(F)c3ncccc23)CC1.CC(C)(C)OC(=O)N1CCC(c2ccc(F)c3ncccc23)CC1.Fc1ccc(Br)c2cccnc12.Fc1ccc(C2CCNCC2)c2cccnc12.[2H]CC. The molecule has 0 unspecified atom stereocenters. The smallest absolute Gasteiger partial charge is 0.444 e. The molecule has 9 heterocycles. The molecule has 4 aromatic heterocycles. The highest BCUT2D eigenvalue weighted by molar-refractivity contribution is 9.10. The normalized spacial score (nSPS) is 17.2. The van der Waals surface area contributed by atoms with Gasteiger partial charge in [0.15, 0.2) is 0 Å². The van der Waals surface area contributed by atoms with Gasteiger partial charge in [-0.25, -0.2) is 31.9 Å². The van der Waals surface area contributed by atoms with Crippen molar-refractivity contribution in [3.63, 3.8) is 0 Å². The molecule has 0 atom stereocenters. The molecule has 0 radical (unpaired) electrons. The third-order valence-electron chi connectivity index (χ3n) is 17.9. The van der Waals surface area contributed by atoms with E-state index in [4.69, 9.17) is 24.9 Å². The van der Waals surface area contributed by atoms with Gasteiger partial charge in [-0.2, -0.15) is 0 Å². The van der Waals surface area contributed by atoms with Crippen LogP contribution in [0.2, 0.25) is 0 Å². The number of likely N-dealkylation sites (tertiary alicyclic amines) is 1. The fraction of sp³-hybridized carbons (Fsp3) is 0.456. The molecular formula is C79H98BBrF4N8O8. The molecule has 101 heavy (non-hydrogen) atoms. The fourth-order valence-electron chi connectivity index (χ4n) is 12.2. The number of hydrogen-bond donors (Lipinski definition) is 1. The van der Waals surface area contributed by atoms with Gasteiger partial charge in [-0.1, -0.05) is 84.4 Å². The van der Waals surface area contributed by atoms with Gasteiger partial charge in [-0.05, 0) is 236 Å². The lowest BCUT2D eigenvalue weighted by molar-refractivity contribution is 0.00578. The summed E-state index contributed by atoms with van der Waals surface area (Å²) in [6, 6.07) is 28.0. The highest BCUT2D eigenvalue weighted by Gasteiger charge is 2.52. The Morgan fingerprint density at radius 3 is 1.32 bits per heavy atom. The van der Waals surface area contributed by atoms with Crippen LogP contribution in [0, 0.1) is 23.3 Å². The van der Waals surface area contributed by atoms with Crippen molar-refractivity contribution in [2.24, 2.45) is 0 Å². The number of aromatic nitrogens is 4. The highest BCUT2D eigenvalue weighted by Crippen LogP contribution is 2.41. The van der Waals surface area contributed by atoms with E-state index in [0.29, 0.717) is 86.5 Å². The summed E-state index contributed by atoms with van der Waals surface area (Å²) in [6.07, 6.45) is 15.0. The van der Waals surface area contributed by atoms with Gasteiger partial charge in [-0.3, -0.25) is 19.9 Å². The Labute approximate surface area is 602 Å². The van der Waals surface area contributed by atoms with E-state index < -0.39 is 16.8 Å². The van der Waals surface area contributed by atoms with E-state index in [0.717, 1.165) is 93.4 Å². The zero-order valence-corrected chi connectivity index (χ0v) is 62.4. The zero-order chi connectivity index (χ0) is 74.3. The molecule has 4 aromatic carbocycles. The van der Waals surface area contributed by atoms with Crippen molar-refractivity contribution in [3.8, 4) is 0 Å². The largest absolute Gasteiger partial charge is 0.490 e. The van der Waals surface area contributed by atoms with Gasteiger partial charge in [0.25, 0.3) is 0 Å². The summed E-state index contributed by atoms with van der Waals surface area (Å²) in [5, 5.41) is 6.80. The Morgan fingerprint density at radius 1 is 0.525 bits per heavy atom. The molecule has 0 saturated carbocycles. The predicted octanol–water partition coefficient (Wildman–Crippen LogP) is 19.1. The molecule has 8 aromatic rings. The van der Waals surface area contributed by atoms with Crippen molar-refractivity contribution in [3.05, 3.63) is 184 Å². The van der Waals surface area contributed by atoms with Crippen LogP contribution in [0.5, 0.6) is 0 Å². The van der Waals surface area contributed by atoms with Crippen molar-refractivity contribution in [1.29, 1.82) is 0 Å². The number of nitrogens with one attached hydrogen (secondary N) is 1.